The van der Waals surface area contributed by atoms with Gasteiger partial charge in [0, 0.05) is 38.4 Å². The summed E-state index contributed by atoms with van der Waals surface area (Å²) >= 11 is 0. The lowest BCUT2D eigenvalue weighted by Crippen LogP contribution is -2.54. The standard InChI is InChI=1S/C22H30F3N3O/c1-17(21(29)26-11-10-18-6-3-2-4-7-18)27-12-14-28(15-13-27)20-9-5-8-19(16-20)22(23,24)25/h5-6,8-9,16-17H,2-4,7,10-15H2,1H3,(H,26,29)/t17-/m1/s1. The van der Waals surface area contributed by atoms with Crippen molar-refractivity contribution >= 4 is 11.6 Å². The zero-order chi connectivity index (χ0) is 20.9. The van der Waals surface area contributed by atoms with Gasteiger partial charge in [-0.3, -0.25) is 9.69 Å². The summed E-state index contributed by atoms with van der Waals surface area (Å²) in [4.78, 5) is 16.5. The number of anilines is 1. The lowest BCUT2D eigenvalue weighted by atomic mass is 9.97. The molecule has 0 aromatic heterocycles. The molecule has 1 amide bonds. The molecule has 2 aliphatic rings. The van der Waals surface area contributed by atoms with Crippen LogP contribution in [0.15, 0.2) is 35.9 Å². The number of halogens is 3. The van der Waals surface area contributed by atoms with E-state index in [-0.39, 0.29) is 11.9 Å². The topological polar surface area (TPSA) is 35.6 Å². The van der Waals surface area contributed by atoms with Gasteiger partial charge in [-0.2, -0.15) is 13.2 Å². The number of allylic oxidation sites excluding steroid dienone is 1. The van der Waals surface area contributed by atoms with Gasteiger partial charge in [0.15, 0.2) is 0 Å². The molecule has 0 bridgehead atoms. The Bertz CT molecular complexity index is 724. The Labute approximate surface area is 170 Å². The van der Waals surface area contributed by atoms with Crippen LogP contribution in [-0.4, -0.2) is 49.6 Å². The second-order valence-electron chi connectivity index (χ2n) is 7.90. The molecule has 1 aliphatic carbocycles. The molecule has 1 atom stereocenters. The quantitative estimate of drug-likeness (QED) is 0.715. The summed E-state index contributed by atoms with van der Waals surface area (Å²) in [5.74, 6) is 0.0222. The predicted molar refractivity (Wildman–Crippen MR) is 109 cm³/mol. The van der Waals surface area contributed by atoms with Crippen LogP contribution in [0.5, 0.6) is 0 Å². The van der Waals surface area contributed by atoms with E-state index >= 15 is 0 Å². The first-order valence-corrected chi connectivity index (χ1v) is 10.5. The average Bonchev–Trinajstić information content (AvgIpc) is 2.73. The molecule has 1 heterocycles. The predicted octanol–water partition coefficient (Wildman–Crippen LogP) is 4.22. The fraction of sp³-hybridized carbons (Fsp3) is 0.591. The number of nitrogens with one attached hydrogen (secondary N) is 1. The molecule has 7 heteroatoms. The zero-order valence-corrected chi connectivity index (χ0v) is 17.0. The molecule has 1 fully saturated rings. The summed E-state index contributed by atoms with van der Waals surface area (Å²) in [6, 6.07) is 5.21. The third-order valence-corrected chi connectivity index (χ3v) is 5.91. The third-order valence-electron chi connectivity index (χ3n) is 5.91. The Kier molecular flexibility index (Phi) is 7.22. The number of alkyl halides is 3. The van der Waals surface area contributed by atoms with E-state index in [0.29, 0.717) is 38.4 Å². The fourth-order valence-electron chi connectivity index (χ4n) is 4.04. The van der Waals surface area contributed by atoms with Crippen LogP contribution in [-0.2, 0) is 11.0 Å². The Hall–Kier alpha value is -2.02. The van der Waals surface area contributed by atoms with Crippen LogP contribution in [0.4, 0.5) is 18.9 Å². The smallest absolute Gasteiger partial charge is 0.369 e. The van der Waals surface area contributed by atoms with Gasteiger partial charge in [-0.05, 0) is 57.2 Å². The summed E-state index contributed by atoms with van der Waals surface area (Å²) in [6.07, 6.45) is 3.68. The van der Waals surface area contributed by atoms with Crippen LogP contribution in [0.25, 0.3) is 0 Å². The summed E-state index contributed by atoms with van der Waals surface area (Å²) in [5, 5.41) is 3.03. The molecular weight excluding hydrogens is 379 g/mol. The minimum atomic E-state index is -4.34. The molecular formula is C22H30F3N3O. The molecule has 0 unspecified atom stereocenters. The largest absolute Gasteiger partial charge is 0.416 e. The van der Waals surface area contributed by atoms with Crippen LogP contribution in [0.2, 0.25) is 0 Å². The average molecular weight is 409 g/mol. The molecule has 4 nitrogen and oxygen atoms in total. The second-order valence-corrected chi connectivity index (χ2v) is 7.90. The van der Waals surface area contributed by atoms with E-state index in [0.717, 1.165) is 25.3 Å². The Balaban J connectivity index is 1.46. The number of benzene rings is 1. The maximum Gasteiger partial charge on any atom is 0.416 e. The summed E-state index contributed by atoms with van der Waals surface area (Å²) in [6.45, 7) is 5.07. The molecule has 3 rings (SSSR count). The van der Waals surface area contributed by atoms with E-state index in [1.807, 2.05) is 11.8 Å². The van der Waals surface area contributed by atoms with E-state index in [1.54, 1.807) is 6.07 Å². The maximum absolute atomic E-state index is 12.9. The van der Waals surface area contributed by atoms with Crippen LogP contribution in [0.1, 0.15) is 44.6 Å². The number of amides is 1. The maximum atomic E-state index is 12.9. The van der Waals surface area contributed by atoms with Crippen molar-refractivity contribution in [2.24, 2.45) is 0 Å². The van der Waals surface area contributed by atoms with Crippen molar-refractivity contribution in [2.45, 2.75) is 51.2 Å². The van der Waals surface area contributed by atoms with Gasteiger partial charge < -0.3 is 10.2 Å². The van der Waals surface area contributed by atoms with Crippen molar-refractivity contribution < 1.29 is 18.0 Å². The Morgan fingerprint density at radius 3 is 2.59 bits per heavy atom. The molecule has 1 saturated heterocycles. The molecule has 1 aromatic carbocycles. The van der Waals surface area contributed by atoms with Crippen LogP contribution >= 0.6 is 0 Å². The van der Waals surface area contributed by atoms with Gasteiger partial charge in [0.2, 0.25) is 5.91 Å². The fourth-order valence-corrected chi connectivity index (χ4v) is 4.04. The number of piperazine rings is 1. The normalized spacial score (nSPS) is 19.6. The van der Waals surface area contributed by atoms with Gasteiger partial charge in [0.25, 0.3) is 0 Å². The highest BCUT2D eigenvalue weighted by molar-refractivity contribution is 5.81. The van der Waals surface area contributed by atoms with Crippen LogP contribution in [0, 0.1) is 0 Å². The van der Waals surface area contributed by atoms with Crippen LogP contribution < -0.4 is 10.2 Å². The van der Waals surface area contributed by atoms with Gasteiger partial charge in [0.05, 0.1) is 11.6 Å². The van der Waals surface area contributed by atoms with Crippen molar-refractivity contribution in [3.8, 4) is 0 Å². The van der Waals surface area contributed by atoms with E-state index in [2.05, 4.69) is 16.3 Å². The third kappa shape index (κ3) is 5.98. The molecule has 0 spiro atoms. The Morgan fingerprint density at radius 1 is 1.17 bits per heavy atom. The summed E-state index contributed by atoms with van der Waals surface area (Å²) < 4.78 is 38.8. The first-order valence-electron chi connectivity index (χ1n) is 10.5. The molecule has 1 aromatic rings. The lowest BCUT2D eigenvalue weighted by Gasteiger charge is -2.38. The van der Waals surface area contributed by atoms with Gasteiger partial charge >= 0.3 is 6.18 Å². The summed E-state index contributed by atoms with van der Waals surface area (Å²) in [5.41, 5.74) is 1.40. The van der Waals surface area contributed by atoms with Gasteiger partial charge in [-0.15, -0.1) is 0 Å². The highest BCUT2D eigenvalue weighted by Crippen LogP contribution is 2.32. The van der Waals surface area contributed by atoms with Gasteiger partial charge in [0.1, 0.15) is 0 Å². The monoisotopic (exact) mass is 409 g/mol. The zero-order valence-electron chi connectivity index (χ0n) is 17.0. The minimum Gasteiger partial charge on any atom is -0.369 e. The molecule has 1 aliphatic heterocycles. The number of carbonyl (C=O) groups is 1. The van der Waals surface area contributed by atoms with Crippen molar-refractivity contribution in [3.05, 3.63) is 41.5 Å². The van der Waals surface area contributed by atoms with E-state index in [4.69, 9.17) is 0 Å². The number of hydrogen-bond acceptors (Lipinski definition) is 3. The highest BCUT2D eigenvalue weighted by atomic mass is 19.4. The van der Waals surface area contributed by atoms with E-state index < -0.39 is 11.7 Å². The second kappa shape index (κ2) is 9.65. The summed E-state index contributed by atoms with van der Waals surface area (Å²) in [7, 11) is 0. The first kappa shape index (κ1) is 21.7. The molecule has 1 N–H and O–H groups in total. The van der Waals surface area contributed by atoms with Crippen molar-refractivity contribution in [1.82, 2.24) is 10.2 Å². The van der Waals surface area contributed by atoms with Gasteiger partial charge in [-0.25, -0.2) is 0 Å². The van der Waals surface area contributed by atoms with E-state index in [1.165, 1.54) is 30.5 Å². The number of rotatable bonds is 6. The van der Waals surface area contributed by atoms with Crippen LogP contribution in [0.3, 0.4) is 0 Å². The lowest BCUT2D eigenvalue weighted by molar-refractivity contribution is -0.137. The Morgan fingerprint density at radius 2 is 1.93 bits per heavy atom. The van der Waals surface area contributed by atoms with E-state index in [9.17, 15) is 18.0 Å². The number of carbonyl (C=O) groups excluding carboxylic acids is 1. The molecule has 160 valence electrons. The van der Waals surface area contributed by atoms with Crippen molar-refractivity contribution in [2.75, 3.05) is 37.6 Å². The van der Waals surface area contributed by atoms with Gasteiger partial charge in [-0.1, -0.05) is 17.7 Å². The van der Waals surface area contributed by atoms with Crippen molar-refractivity contribution in [3.63, 3.8) is 0 Å². The SMILES string of the molecule is C[C@H](C(=O)NCCC1=CCCCC1)N1CCN(c2cccc(C(F)(F)F)c2)CC1. The minimum absolute atomic E-state index is 0.0222. The highest BCUT2D eigenvalue weighted by Gasteiger charge is 2.31. The number of nitrogens with zero attached hydrogens (tertiary/aromatic N) is 2. The van der Waals surface area contributed by atoms with Crippen molar-refractivity contribution in [1.29, 1.82) is 0 Å². The molecule has 0 radical (unpaired) electrons. The first-order chi connectivity index (χ1) is 13.8. The number of hydrogen-bond donors (Lipinski definition) is 1. The molecule has 0 saturated carbocycles. The molecule has 29 heavy (non-hydrogen) atoms.